The van der Waals surface area contributed by atoms with E-state index < -0.39 is 0 Å². The van der Waals surface area contributed by atoms with Gasteiger partial charge in [-0.3, -0.25) is 0 Å². The first kappa shape index (κ1) is 22.1. The first-order chi connectivity index (χ1) is 15.1. The van der Waals surface area contributed by atoms with Crippen molar-refractivity contribution in [3.8, 4) is 22.5 Å². The number of imidazole rings is 1. The SMILES string of the molecule is Cl.[O-]C(C[n+]1cc(-c2ccc(F)cc2)n2c1CCC2)=Nc1nc(-c2ccc(F)cc2)cs1. The molecule has 0 fully saturated rings. The summed E-state index contributed by atoms with van der Waals surface area (Å²) >= 11 is 1.27. The first-order valence-corrected chi connectivity index (χ1v) is 10.8. The number of rotatable bonds is 5. The van der Waals surface area contributed by atoms with Crippen molar-refractivity contribution >= 4 is 34.8 Å². The van der Waals surface area contributed by atoms with Gasteiger partial charge in [0.25, 0.3) is 5.82 Å². The predicted octanol–water partition coefficient (Wildman–Crippen LogP) is 4.30. The molecule has 3 heterocycles. The third-order valence-electron chi connectivity index (χ3n) is 5.29. The number of nitrogens with zero attached hydrogens (tertiary/aromatic N) is 4. The monoisotopic (exact) mass is 472 g/mol. The molecule has 0 saturated carbocycles. The van der Waals surface area contributed by atoms with E-state index >= 15 is 0 Å². The number of hydrogen-bond donors (Lipinski definition) is 0. The predicted molar refractivity (Wildman–Crippen MR) is 120 cm³/mol. The summed E-state index contributed by atoms with van der Waals surface area (Å²) in [6.07, 6.45) is 3.81. The average Bonchev–Trinajstić information content (AvgIpc) is 3.48. The molecule has 0 spiro atoms. The Balaban J connectivity index is 0.00000245. The summed E-state index contributed by atoms with van der Waals surface area (Å²) in [6.45, 7) is 0.982. The Hall–Kier alpha value is -3.10. The lowest BCUT2D eigenvalue weighted by atomic mass is 10.1. The molecule has 2 aromatic heterocycles. The topological polar surface area (TPSA) is 57.1 Å². The Labute approximate surface area is 193 Å². The van der Waals surface area contributed by atoms with E-state index in [1.165, 1.54) is 35.6 Å². The molecule has 0 amide bonds. The van der Waals surface area contributed by atoms with Gasteiger partial charge in [0.15, 0.2) is 5.69 Å². The summed E-state index contributed by atoms with van der Waals surface area (Å²) in [6, 6.07) is 12.4. The maximum Gasteiger partial charge on any atom is 0.257 e. The Morgan fingerprint density at radius 1 is 1.06 bits per heavy atom. The minimum atomic E-state index is -0.309. The highest BCUT2D eigenvalue weighted by Gasteiger charge is 2.28. The molecule has 0 unspecified atom stereocenters. The Morgan fingerprint density at radius 2 is 1.72 bits per heavy atom. The molecule has 164 valence electrons. The van der Waals surface area contributed by atoms with Crippen LogP contribution in [0.1, 0.15) is 12.2 Å². The molecule has 4 aromatic rings. The van der Waals surface area contributed by atoms with Crippen LogP contribution in [0.25, 0.3) is 22.5 Å². The average molecular weight is 473 g/mol. The summed E-state index contributed by atoms with van der Waals surface area (Å²) in [7, 11) is 0. The Morgan fingerprint density at radius 3 is 2.41 bits per heavy atom. The molecule has 1 aliphatic heterocycles. The van der Waals surface area contributed by atoms with Crippen LogP contribution in [0.5, 0.6) is 0 Å². The maximum atomic E-state index is 13.3. The molecule has 5 nitrogen and oxygen atoms in total. The largest absolute Gasteiger partial charge is 0.859 e. The van der Waals surface area contributed by atoms with E-state index in [-0.39, 0.29) is 36.5 Å². The van der Waals surface area contributed by atoms with Gasteiger partial charge in [-0.25, -0.2) is 27.9 Å². The molecule has 0 saturated heterocycles. The lowest BCUT2D eigenvalue weighted by Crippen LogP contribution is -2.43. The minimum absolute atomic E-state index is 0. The maximum absolute atomic E-state index is 13.3. The van der Waals surface area contributed by atoms with Crippen LogP contribution >= 0.6 is 23.7 Å². The molecular formula is C23H19ClF2N4OS. The molecule has 0 bridgehead atoms. The standard InChI is InChI=1S/C23H18F2N4OS.ClH/c24-17-7-3-15(4-8-17)19-14-31-23(26-19)27-21(30)13-28-12-20(29-11-1-2-22(28)29)16-5-9-18(25)10-6-16;/h3-10,12,14H,1-2,11,13H2;1H. The highest BCUT2D eigenvalue weighted by molar-refractivity contribution is 7.13. The molecule has 5 rings (SSSR count). The molecular weight excluding hydrogens is 454 g/mol. The van der Waals surface area contributed by atoms with E-state index in [1.54, 1.807) is 29.6 Å². The smallest absolute Gasteiger partial charge is 0.257 e. The van der Waals surface area contributed by atoms with Crippen molar-refractivity contribution in [1.29, 1.82) is 0 Å². The van der Waals surface area contributed by atoms with Crippen molar-refractivity contribution < 1.29 is 18.5 Å². The summed E-state index contributed by atoms with van der Waals surface area (Å²) in [5.41, 5.74) is 3.31. The zero-order valence-electron chi connectivity index (χ0n) is 16.9. The fraction of sp³-hybridized carbons (Fsp3) is 0.174. The number of aromatic nitrogens is 3. The highest BCUT2D eigenvalue weighted by Crippen LogP contribution is 2.27. The number of halogens is 3. The van der Waals surface area contributed by atoms with Gasteiger partial charge in [0.1, 0.15) is 24.4 Å². The van der Waals surface area contributed by atoms with Gasteiger partial charge in [-0.05, 0) is 55.0 Å². The van der Waals surface area contributed by atoms with Gasteiger partial charge in [-0.15, -0.1) is 23.7 Å². The minimum Gasteiger partial charge on any atom is -0.859 e. The number of aliphatic imine (C=N–C) groups is 1. The zero-order chi connectivity index (χ0) is 21.4. The summed E-state index contributed by atoms with van der Waals surface area (Å²) in [5.74, 6) is 0.184. The second kappa shape index (κ2) is 9.18. The van der Waals surface area contributed by atoms with E-state index in [0.29, 0.717) is 10.8 Å². The van der Waals surface area contributed by atoms with E-state index in [9.17, 15) is 13.9 Å². The van der Waals surface area contributed by atoms with Crippen LogP contribution in [0.4, 0.5) is 13.9 Å². The fourth-order valence-electron chi connectivity index (χ4n) is 3.85. The molecule has 1 aliphatic rings. The number of hydrogen-bond acceptors (Lipinski definition) is 4. The first-order valence-electron chi connectivity index (χ1n) is 9.91. The van der Waals surface area contributed by atoms with Crippen molar-refractivity contribution in [2.45, 2.75) is 25.9 Å². The van der Waals surface area contributed by atoms with Crippen LogP contribution in [-0.4, -0.2) is 15.4 Å². The summed E-state index contributed by atoms with van der Waals surface area (Å²) < 4.78 is 30.5. The molecule has 0 aliphatic carbocycles. The van der Waals surface area contributed by atoms with Crippen molar-refractivity contribution in [2.75, 3.05) is 0 Å². The third kappa shape index (κ3) is 4.42. The van der Waals surface area contributed by atoms with Crippen LogP contribution in [0.15, 0.2) is 65.1 Å². The van der Waals surface area contributed by atoms with Crippen LogP contribution < -0.4 is 9.67 Å². The van der Waals surface area contributed by atoms with Crippen molar-refractivity contribution in [3.05, 3.63) is 77.6 Å². The third-order valence-corrected chi connectivity index (χ3v) is 6.03. The number of fused-ring (bicyclic) bond motifs is 1. The molecule has 32 heavy (non-hydrogen) atoms. The molecule has 0 atom stereocenters. The van der Waals surface area contributed by atoms with E-state index in [1.807, 2.05) is 10.8 Å². The highest BCUT2D eigenvalue weighted by atomic mass is 35.5. The zero-order valence-corrected chi connectivity index (χ0v) is 18.5. The van der Waals surface area contributed by atoms with Crippen LogP contribution in [-0.2, 0) is 19.5 Å². The molecule has 2 aromatic carbocycles. The van der Waals surface area contributed by atoms with E-state index in [2.05, 4.69) is 14.5 Å². The summed E-state index contributed by atoms with van der Waals surface area (Å²) in [5, 5.41) is 14.8. The molecule has 0 radical (unpaired) electrons. The lowest BCUT2D eigenvalue weighted by molar-refractivity contribution is -0.693. The van der Waals surface area contributed by atoms with Crippen LogP contribution in [0.2, 0.25) is 0 Å². The molecule has 9 heteroatoms. The van der Waals surface area contributed by atoms with Gasteiger partial charge in [-0.1, -0.05) is 0 Å². The van der Waals surface area contributed by atoms with Gasteiger partial charge in [0.05, 0.1) is 18.7 Å². The van der Waals surface area contributed by atoms with Crippen LogP contribution in [0.3, 0.4) is 0 Å². The van der Waals surface area contributed by atoms with Crippen molar-refractivity contribution in [1.82, 2.24) is 9.55 Å². The number of benzene rings is 2. The fourth-order valence-corrected chi connectivity index (χ4v) is 4.57. The van der Waals surface area contributed by atoms with Crippen molar-refractivity contribution in [3.63, 3.8) is 0 Å². The van der Waals surface area contributed by atoms with Gasteiger partial charge in [-0.2, -0.15) is 0 Å². The van der Waals surface area contributed by atoms with Gasteiger partial charge >= 0.3 is 0 Å². The van der Waals surface area contributed by atoms with Crippen molar-refractivity contribution in [2.24, 2.45) is 4.99 Å². The quantitative estimate of drug-likeness (QED) is 0.247. The van der Waals surface area contributed by atoms with Gasteiger partial charge < -0.3 is 5.11 Å². The van der Waals surface area contributed by atoms with E-state index in [4.69, 9.17) is 0 Å². The number of thiazole rings is 1. The molecule has 0 N–H and O–H groups in total. The van der Waals surface area contributed by atoms with Gasteiger partial charge in [0, 0.05) is 22.4 Å². The lowest BCUT2D eigenvalue weighted by Gasteiger charge is -2.07. The second-order valence-corrected chi connectivity index (χ2v) is 8.18. The Kier molecular flexibility index (Phi) is 6.34. The second-order valence-electron chi connectivity index (χ2n) is 7.35. The normalized spacial score (nSPS) is 13.1. The van der Waals surface area contributed by atoms with E-state index in [0.717, 1.165) is 42.0 Å². The summed E-state index contributed by atoms with van der Waals surface area (Å²) in [4.78, 5) is 8.54. The van der Waals surface area contributed by atoms with Crippen LogP contribution in [0, 0.1) is 11.6 Å². The van der Waals surface area contributed by atoms with Gasteiger partial charge in [0.2, 0.25) is 5.13 Å². The Bertz CT molecular complexity index is 1270.